The van der Waals surface area contributed by atoms with E-state index in [1.165, 1.54) is 16.7 Å². The molecule has 1 N–H and O–H groups in total. The van der Waals surface area contributed by atoms with Gasteiger partial charge in [-0.25, -0.2) is 4.79 Å². The van der Waals surface area contributed by atoms with Crippen molar-refractivity contribution < 1.29 is 4.79 Å². The van der Waals surface area contributed by atoms with Crippen LogP contribution in [0, 0.1) is 6.92 Å². The van der Waals surface area contributed by atoms with Crippen LogP contribution in [-0.2, 0) is 0 Å². The molecule has 0 bridgehead atoms. The first-order valence-corrected chi connectivity index (χ1v) is 8.81. The molecular formula is C21H25N3O. The van der Waals surface area contributed by atoms with Crippen LogP contribution >= 0.6 is 0 Å². The van der Waals surface area contributed by atoms with E-state index in [9.17, 15) is 4.79 Å². The minimum absolute atomic E-state index is 0.0506. The molecule has 2 amide bonds. The van der Waals surface area contributed by atoms with E-state index in [0.29, 0.717) is 19.0 Å². The van der Waals surface area contributed by atoms with Crippen molar-refractivity contribution in [2.24, 2.45) is 0 Å². The Morgan fingerprint density at radius 3 is 2.56 bits per heavy atom. The Kier molecular flexibility index (Phi) is 5.17. The first-order valence-electron chi connectivity index (χ1n) is 8.81. The fourth-order valence-electron chi connectivity index (χ4n) is 3.04. The van der Waals surface area contributed by atoms with Gasteiger partial charge in [-0.3, -0.25) is 4.98 Å². The van der Waals surface area contributed by atoms with E-state index in [2.05, 4.69) is 55.3 Å². The summed E-state index contributed by atoms with van der Waals surface area (Å²) in [4.78, 5) is 18.8. The highest BCUT2D eigenvalue weighted by atomic mass is 16.2. The number of hydrogen-bond acceptors (Lipinski definition) is 2. The Bertz CT molecular complexity index is 778. The SMILES string of the molecule is Cc1cccnc1C1=CCN(C(=O)Nc2ccc(C(C)C)cc2)CC1. The summed E-state index contributed by atoms with van der Waals surface area (Å²) in [5, 5.41) is 2.99. The zero-order chi connectivity index (χ0) is 17.8. The number of benzene rings is 1. The number of anilines is 1. The van der Waals surface area contributed by atoms with Crippen molar-refractivity contribution in [3.8, 4) is 0 Å². The summed E-state index contributed by atoms with van der Waals surface area (Å²) < 4.78 is 0. The maximum Gasteiger partial charge on any atom is 0.322 e. The second-order valence-corrected chi connectivity index (χ2v) is 6.80. The molecule has 0 saturated heterocycles. The van der Waals surface area contributed by atoms with Crippen LogP contribution < -0.4 is 5.32 Å². The molecule has 2 aromatic rings. The lowest BCUT2D eigenvalue weighted by Gasteiger charge is -2.27. The van der Waals surface area contributed by atoms with Crippen molar-refractivity contribution in [1.29, 1.82) is 0 Å². The number of rotatable bonds is 3. The van der Waals surface area contributed by atoms with Crippen LogP contribution in [0.15, 0.2) is 48.7 Å². The molecular weight excluding hydrogens is 310 g/mol. The second-order valence-electron chi connectivity index (χ2n) is 6.80. The highest BCUT2D eigenvalue weighted by Gasteiger charge is 2.19. The molecule has 0 aliphatic carbocycles. The Morgan fingerprint density at radius 2 is 1.96 bits per heavy atom. The summed E-state index contributed by atoms with van der Waals surface area (Å²) in [6.07, 6.45) is 4.76. The van der Waals surface area contributed by atoms with Crippen LogP contribution in [-0.4, -0.2) is 29.0 Å². The monoisotopic (exact) mass is 335 g/mol. The number of amides is 2. The van der Waals surface area contributed by atoms with Gasteiger partial charge in [0.05, 0.1) is 5.69 Å². The molecule has 0 atom stereocenters. The maximum absolute atomic E-state index is 12.5. The third-order valence-corrected chi connectivity index (χ3v) is 4.64. The summed E-state index contributed by atoms with van der Waals surface area (Å²) in [5.41, 5.74) is 5.56. The van der Waals surface area contributed by atoms with Gasteiger partial charge in [-0.2, -0.15) is 0 Å². The molecule has 1 aromatic carbocycles. The van der Waals surface area contributed by atoms with Gasteiger partial charge in [0.25, 0.3) is 0 Å². The Labute approximate surface area is 149 Å². The van der Waals surface area contributed by atoms with Crippen molar-refractivity contribution in [3.05, 3.63) is 65.5 Å². The van der Waals surface area contributed by atoms with E-state index in [-0.39, 0.29) is 6.03 Å². The Hall–Kier alpha value is -2.62. The molecule has 0 fully saturated rings. The van der Waals surface area contributed by atoms with Crippen LogP contribution in [0.2, 0.25) is 0 Å². The molecule has 0 spiro atoms. The molecule has 1 aromatic heterocycles. The van der Waals surface area contributed by atoms with Crippen LogP contribution in [0.4, 0.5) is 10.5 Å². The van der Waals surface area contributed by atoms with Crippen LogP contribution in [0.3, 0.4) is 0 Å². The lowest BCUT2D eigenvalue weighted by atomic mass is 10.0. The fraction of sp³-hybridized carbons (Fsp3) is 0.333. The van der Waals surface area contributed by atoms with Gasteiger partial charge in [-0.1, -0.05) is 38.1 Å². The quantitative estimate of drug-likeness (QED) is 0.873. The van der Waals surface area contributed by atoms with Gasteiger partial charge in [0.2, 0.25) is 0 Å². The lowest BCUT2D eigenvalue weighted by Crippen LogP contribution is -2.38. The smallest absolute Gasteiger partial charge is 0.320 e. The van der Waals surface area contributed by atoms with Crippen molar-refractivity contribution in [3.63, 3.8) is 0 Å². The normalized spacial score (nSPS) is 14.4. The van der Waals surface area contributed by atoms with Crippen molar-refractivity contribution in [2.75, 3.05) is 18.4 Å². The van der Waals surface area contributed by atoms with E-state index in [1.807, 2.05) is 29.3 Å². The number of aromatic nitrogens is 1. The largest absolute Gasteiger partial charge is 0.322 e. The zero-order valence-electron chi connectivity index (χ0n) is 15.1. The highest BCUT2D eigenvalue weighted by Crippen LogP contribution is 2.24. The van der Waals surface area contributed by atoms with E-state index >= 15 is 0 Å². The number of carbonyl (C=O) groups is 1. The molecule has 0 radical (unpaired) electrons. The minimum atomic E-state index is -0.0506. The molecule has 0 saturated carbocycles. The number of nitrogens with one attached hydrogen (secondary N) is 1. The topological polar surface area (TPSA) is 45.2 Å². The van der Waals surface area contributed by atoms with Crippen LogP contribution in [0.25, 0.3) is 5.57 Å². The Morgan fingerprint density at radius 1 is 1.20 bits per heavy atom. The zero-order valence-corrected chi connectivity index (χ0v) is 15.1. The van der Waals surface area contributed by atoms with Gasteiger partial charge in [0, 0.05) is 25.0 Å². The predicted molar refractivity (Wildman–Crippen MR) is 103 cm³/mol. The summed E-state index contributed by atoms with van der Waals surface area (Å²) in [6.45, 7) is 7.71. The van der Waals surface area contributed by atoms with Crippen molar-refractivity contribution in [2.45, 2.75) is 33.1 Å². The van der Waals surface area contributed by atoms with Gasteiger partial charge < -0.3 is 10.2 Å². The van der Waals surface area contributed by atoms with Gasteiger partial charge in [-0.15, -0.1) is 0 Å². The van der Waals surface area contributed by atoms with Gasteiger partial charge in [0.1, 0.15) is 0 Å². The molecule has 3 rings (SSSR count). The lowest BCUT2D eigenvalue weighted by molar-refractivity contribution is 0.217. The third-order valence-electron chi connectivity index (χ3n) is 4.64. The van der Waals surface area contributed by atoms with Crippen molar-refractivity contribution >= 4 is 17.3 Å². The molecule has 130 valence electrons. The van der Waals surface area contributed by atoms with E-state index in [0.717, 1.165) is 17.8 Å². The molecule has 4 nitrogen and oxygen atoms in total. The number of hydrogen-bond donors (Lipinski definition) is 1. The maximum atomic E-state index is 12.5. The predicted octanol–water partition coefficient (Wildman–Crippen LogP) is 4.83. The molecule has 0 unspecified atom stereocenters. The Balaban J connectivity index is 1.62. The molecule has 4 heteroatoms. The highest BCUT2D eigenvalue weighted by molar-refractivity contribution is 5.90. The molecule has 1 aliphatic rings. The van der Waals surface area contributed by atoms with Gasteiger partial charge in [0.15, 0.2) is 0 Å². The number of nitrogens with zero attached hydrogens (tertiary/aromatic N) is 2. The summed E-state index contributed by atoms with van der Waals surface area (Å²) in [6, 6.07) is 12.0. The fourth-order valence-corrected chi connectivity index (χ4v) is 3.04. The molecule has 2 heterocycles. The first-order chi connectivity index (χ1) is 12.0. The summed E-state index contributed by atoms with van der Waals surface area (Å²) in [5.74, 6) is 0.491. The second kappa shape index (κ2) is 7.51. The number of urea groups is 1. The van der Waals surface area contributed by atoms with E-state index < -0.39 is 0 Å². The van der Waals surface area contributed by atoms with Crippen LogP contribution in [0.5, 0.6) is 0 Å². The van der Waals surface area contributed by atoms with Crippen molar-refractivity contribution in [1.82, 2.24) is 9.88 Å². The minimum Gasteiger partial charge on any atom is -0.320 e. The third kappa shape index (κ3) is 4.08. The number of carbonyl (C=O) groups excluding carboxylic acids is 1. The first kappa shape index (κ1) is 17.2. The van der Waals surface area contributed by atoms with Crippen LogP contribution in [0.1, 0.15) is 43.0 Å². The summed E-state index contributed by atoms with van der Waals surface area (Å²) >= 11 is 0. The van der Waals surface area contributed by atoms with Gasteiger partial charge in [-0.05, 0) is 54.2 Å². The molecule has 1 aliphatic heterocycles. The number of pyridine rings is 1. The van der Waals surface area contributed by atoms with E-state index in [4.69, 9.17) is 0 Å². The molecule has 25 heavy (non-hydrogen) atoms. The summed E-state index contributed by atoms with van der Waals surface area (Å²) in [7, 11) is 0. The average Bonchev–Trinajstić information content (AvgIpc) is 2.63. The average molecular weight is 335 g/mol. The standard InChI is InChI=1S/C21H25N3O/c1-15(2)17-6-8-19(9-7-17)23-21(25)24-13-10-18(11-14-24)20-16(3)5-4-12-22-20/h4-10,12,15H,11,13-14H2,1-3H3,(H,23,25). The van der Waals surface area contributed by atoms with Gasteiger partial charge >= 0.3 is 6.03 Å². The number of aryl methyl sites for hydroxylation is 1. The van der Waals surface area contributed by atoms with E-state index in [1.54, 1.807) is 0 Å².